The Labute approximate surface area is 211 Å². The number of halogens is 1. The summed E-state index contributed by atoms with van der Waals surface area (Å²) in [6.45, 7) is 7.31. The van der Waals surface area contributed by atoms with Crippen molar-refractivity contribution in [3.63, 3.8) is 0 Å². The van der Waals surface area contributed by atoms with Crippen molar-refractivity contribution < 1.29 is 23.8 Å². The topological polar surface area (TPSA) is 76.0 Å². The number of carbonyl (C=O) groups is 1. The lowest BCUT2D eigenvalue weighted by atomic mass is 10.1. The summed E-state index contributed by atoms with van der Waals surface area (Å²) in [6.07, 6.45) is 2.61. The molecule has 3 aromatic rings. The summed E-state index contributed by atoms with van der Waals surface area (Å²) < 4.78 is 27.5. The number of rotatable bonds is 10. The minimum Gasteiger partial charge on any atom is -0.494 e. The fourth-order valence-corrected chi connectivity index (χ4v) is 4.97. The van der Waals surface area contributed by atoms with Crippen LogP contribution in [0.5, 0.6) is 11.5 Å². The maximum Gasteiger partial charge on any atom is 0.217 e. The van der Waals surface area contributed by atoms with Crippen molar-refractivity contribution in [2.75, 3.05) is 33.4 Å². The Morgan fingerprint density at radius 2 is 2.08 bits per heavy atom. The molecular weight excluding hydrogens is 461 g/mol. The molecule has 1 aromatic heterocycles. The second kappa shape index (κ2) is 11.8. The van der Waals surface area contributed by atoms with Gasteiger partial charge in [0.1, 0.15) is 5.75 Å². The van der Waals surface area contributed by atoms with Gasteiger partial charge in [-0.15, -0.1) is 0 Å². The lowest BCUT2D eigenvalue weighted by Crippen LogP contribution is -2.39. The second-order valence-electron chi connectivity index (χ2n) is 9.61. The van der Waals surface area contributed by atoms with Crippen molar-refractivity contribution in [2.45, 2.75) is 51.8 Å². The number of β-amino-alcohol motifs (C(OH)–C–C–N with tert-alkyl or cyclic N) is 1. The first-order valence-corrected chi connectivity index (χ1v) is 12.6. The Kier molecular flexibility index (Phi) is 8.48. The lowest BCUT2D eigenvalue weighted by molar-refractivity contribution is -0.119. The second-order valence-corrected chi connectivity index (χ2v) is 9.61. The fourth-order valence-electron chi connectivity index (χ4n) is 4.97. The maximum absolute atomic E-state index is 14.1. The molecule has 36 heavy (non-hydrogen) atoms. The highest BCUT2D eigenvalue weighted by molar-refractivity contribution is 5.88. The van der Waals surface area contributed by atoms with Gasteiger partial charge >= 0.3 is 0 Å². The summed E-state index contributed by atoms with van der Waals surface area (Å²) >= 11 is 0. The van der Waals surface area contributed by atoms with Crippen LogP contribution < -0.4 is 14.8 Å². The molecular formula is C28H36FN3O4. The largest absolute Gasteiger partial charge is 0.494 e. The zero-order valence-corrected chi connectivity index (χ0v) is 21.3. The van der Waals surface area contributed by atoms with Crippen LogP contribution in [0.4, 0.5) is 4.39 Å². The number of likely N-dealkylation sites (tertiary alicyclic amines) is 1. The Bertz CT molecular complexity index is 1190. The molecule has 0 radical (unpaired) electrons. The van der Waals surface area contributed by atoms with E-state index in [4.69, 9.17) is 9.47 Å². The van der Waals surface area contributed by atoms with E-state index in [0.29, 0.717) is 13.2 Å². The van der Waals surface area contributed by atoms with Crippen LogP contribution in [-0.4, -0.2) is 66.0 Å². The molecule has 2 N–H and O–H groups in total. The number of amides is 1. The molecule has 1 aliphatic heterocycles. The number of hydrogen-bond donors (Lipinski definition) is 2. The van der Waals surface area contributed by atoms with Crippen LogP contribution in [-0.2, 0) is 11.3 Å². The highest BCUT2D eigenvalue weighted by Crippen LogP contribution is 2.33. The number of nitrogens with zero attached hydrogens (tertiary/aromatic N) is 2. The molecule has 2 heterocycles. The van der Waals surface area contributed by atoms with E-state index in [1.807, 2.05) is 25.1 Å². The van der Waals surface area contributed by atoms with Crippen LogP contribution in [0.15, 0.2) is 42.5 Å². The SMILES string of the molecule is COc1cc(-c2cc3cc(OCCCN4CCCC(O)C4)ccc3n2CC(C)NC(C)=O)ccc1F. The van der Waals surface area contributed by atoms with Crippen molar-refractivity contribution in [1.29, 1.82) is 0 Å². The van der Waals surface area contributed by atoms with Gasteiger partial charge in [0.05, 0.1) is 19.8 Å². The van der Waals surface area contributed by atoms with Crippen molar-refractivity contribution in [2.24, 2.45) is 0 Å². The van der Waals surface area contributed by atoms with Crippen LogP contribution >= 0.6 is 0 Å². The van der Waals surface area contributed by atoms with Crippen molar-refractivity contribution in [3.8, 4) is 22.8 Å². The average Bonchev–Trinajstić information content (AvgIpc) is 3.19. The molecule has 7 nitrogen and oxygen atoms in total. The standard InChI is InChI=1S/C28H36FN3O4/c1-19(30-20(2)33)17-32-26-10-8-24(36-13-5-12-31-11-4-6-23(34)18-31)14-22(26)15-27(32)21-7-9-25(29)28(16-21)35-3/h7-10,14-16,19,23,34H,4-6,11-13,17-18H2,1-3H3,(H,30,33). The van der Waals surface area contributed by atoms with Gasteiger partial charge in [-0.25, -0.2) is 4.39 Å². The van der Waals surface area contributed by atoms with Crippen molar-refractivity contribution in [3.05, 3.63) is 48.3 Å². The number of ether oxygens (including phenoxy) is 2. The van der Waals surface area contributed by atoms with E-state index >= 15 is 0 Å². The molecule has 2 unspecified atom stereocenters. The molecule has 2 aromatic carbocycles. The molecule has 1 amide bonds. The smallest absolute Gasteiger partial charge is 0.217 e. The van der Waals surface area contributed by atoms with Crippen LogP contribution in [0.3, 0.4) is 0 Å². The fraction of sp³-hybridized carbons (Fsp3) is 0.464. The Balaban J connectivity index is 1.54. The summed E-state index contributed by atoms with van der Waals surface area (Å²) in [5, 5.41) is 13.8. The van der Waals surface area contributed by atoms with Gasteiger partial charge in [-0.05, 0) is 75.2 Å². The van der Waals surface area contributed by atoms with Crippen LogP contribution in [0.1, 0.15) is 33.1 Å². The number of piperidine rings is 1. The molecule has 194 valence electrons. The van der Waals surface area contributed by atoms with Gasteiger partial charge in [0.15, 0.2) is 11.6 Å². The highest BCUT2D eigenvalue weighted by Gasteiger charge is 2.18. The lowest BCUT2D eigenvalue weighted by Gasteiger charge is -2.29. The van der Waals surface area contributed by atoms with Gasteiger partial charge in [0, 0.05) is 54.8 Å². The Hall–Kier alpha value is -3.10. The zero-order chi connectivity index (χ0) is 25.7. The van der Waals surface area contributed by atoms with E-state index < -0.39 is 5.82 Å². The van der Waals surface area contributed by atoms with Crippen LogP contribution in [0.2, 0.25) is 0 Å². The molecule has 0 spiro atoms. The third kappa shape index (κ3) is 6.36. The van der Waals surface area contributed by atoms with Gasteiger partial charge in [-0.1, -0.05) is 0 Å². The van der Waals surface area contributed by atoms with E-state index in [1.165, 1.54) is 20.1 Å². The number of hydrogen-bond acceptors (Lipinski definition) is 5. The number of methoxy groups -OCH3 is 1. The zero-order valence-electron chi connectivity index (χ0n) is 21.3. The molecule has 0 aliphatic carbocycles. The van der Waals surface area contributed by atoms with Gasteiger partial charge in [0.2, 0.25) is 5.91 Å². The van der Waals surface area contributed by atoms with E-state index in [2.05, 4.69) is 20.9 Å². The minimum absolute atomic E-state index is 0.0845. The number of aromatic nitrogens is 1. The summed E-state index contributed by atoms with van der Waals surface area (Å²) in [5.41, 5.74) is 2.73. The number of benzene rings is 2. The molecule has 0 bridgehead atoms. The minimum atomic E-state index is -0.412. The molecule has 2 atom stereocenters. The van der Waals surface area contributed by atoms with Gasteiger partial charge < -0.3 is 29.4 Å². The summed E-state index contributed by atoms with van der Waals surface area (Å²) in [6, 6.07) is 12.8. The predicted molar refractivity (Wildman–Crippen MR) is 139 cm³/mol. The molecule has 1 aliphatic rings. The first-order chi connectivity index (χ1) is 17.3. The van der Waals surface area contributed by atoms with E-state index in [1.54, 1.807) is 12.1 Å². The Morgan fingerprint density at radius 3 is 2.83 bits per heavy atom. The van der Waals surface area contributed by atoms with E-state index in [0.717, 1.165) is 66.8 Å². The maximum atomic E-state index is 14.1. The average molecular weight is 498 g/mol. The predicted octanol–water partition coefficient (Wildman–Crippen LogP) is 4.21. The van der Waals surface area contributed by atoms with Gasteiger partial charge in [0.25, 0.3) is 0 Å². The van der Waals surface area contributed by atoms with E-state index in [9.17, 15) is 14.3 Å². The number of carbonyl (C=O) groups excluding carboxylic acids is 1. The molecule has 1 fully saturated rings. The molecule has 4 rings (SSSR count). The third-order valence-corrected chi connectivity index (χ3v) is 6.59. The number of aliphatic hydroxyl groups is 1. The first kappa shape index (κ1) is 26.0. The first-order valence-electron chi connectivity index (χ1n) is 12.6. The number of fused-ring (bicyclic) bond motifs is 1. The molecule has 8 heteroatoms. The van der Waals surface area contributed by atoms with Crippen LogP contribution in [0.25, 0.3) is 22.2 Å². The molecule has 1 saturated heterocycles. The van der Waals surface area contributed by atoms with E-state index in [-0.39, 0.29) is 23.8 Å². The normalized spacial score (nSPS) is 17.2. The molecule has 0 saturated carbocycles. The Morgan fingerprint density at radius 1 is 1.25 bits per heavy atom. The summed E-state index contributed by atoms with van der Waals surface area (Å²) in [5.74, 6) is 0.477. The van der Waals surface area contributed by atoms with Crippen molar-refractivity contribution in [1.82, 2.24) is 14.8 Å². The van der Waals surface area contributed by atoms with Crippen molar-refractivity contribution >= 4 is 16.8 Å². The monoisotopic (exact) mass is 497 g/mol. The quantitative estimate of drug-likeness (QED) is 0.411. The number of aliphatic hydroxyl groups excluding tert-OH is 1. The van der Waals surface area contributed by atoms with Gasteiger partial charge in [-0.2, -0.15) is 0 Å². The van der Waals surface area contributed by atoms with Gasteiger partial charge in [-0.3, -0.25) is 4.79 Å². The highest BCUT2D eigenvalue weighted by atomic mass is 19.1. The van der Waals surface area contributed by atoms with Crippen LogP contribution in [0, 0.1) is 5.82 Å². The summed E-state index contributed by atoms with van der Waals surface area (Å²) in [7, 11) is 1.45. The number of nitrogens with one attached hydrogen (secondary N) is 1. The third-order valence-electron chi connectivity index (χ3n) is 6.59. The summed E-state index contributed by atoms with van der Waals surface area (Å²) in [4.78, 5) is 13.9.